The topological polar surface area (TPSA) is 73.2 Å². The second-order valence-corrected chi connectivity index (χ2v) is 6.11. The van der Waals surface area contributed by atoms with E-state index in [0.29, 0.717) is 16.9 Å². The van der Waals surface area contributed by atoms with Crippen molar-refractivity contribution in [3.05, 3.63) is 47.1 Å². The van der Waals surface area contributed by atoms with E-state index in [9.17, 15) is 9.59 Å². The molecule has 0 atom stereocenters. The molecule has 0 radical (unpaired) electrons. The van der Waals surface area contributed by atoms with Gasteiger partial charge in [0.25, 0.3) is 5.91 Å². The van der Waals surface area contributed by atoms with E-state index in [2.05, 4.69) is 10.4 Å². The van der Waals surface area contributed by atoms with Crippen molar-refractivity contribution in [2.24, 2.45) is 0 Å². The molecule has 0 aliphatic heterocycles. The van der Waals surface area contributed by atoms with Crippen LogP contribution in [0.1, 0.15) is 42.1 Å². The first kappa shape index (κ1) is 16.5. The van der Waals surface area contributed by atoms with Crippen LogP contribution in [0.4, 0.5) is 5.82 Å². The van der Waals surface area contributed by atoms with E-state index >= 15 is 0 Å². The predicted molar refractivity (Wildman–Crippen MR) is 90.1 cm³/mol. The minimum absolute atomic E-state index is 0.239. The summed E-state index contributed by atoms with van der Waals surface area (Å²) in [7, 11) is 0. The Balaban J connectivity index is 1.56. The van der Waals surface area contributed by atoms with E-state index in [1.165, 1.54) is 12.8 Å². The number of aromatic nitrogens is 2. The third-order valence-corrected chi connectivity index (χ3v) is 4.37. The van der Waals surface area contributed by atoms with Gasteiger partial charge in [-0.2, -0.15) is 5.10 Å². The molecule has 0 unspecified atom stereocenters. The standard InChI is InChI=1S/C17H18ClN3O3/c18-14-8-4-3-7-13(14)17(23)24-11-16(22)20-15-9-10-19-21(15)12-5-1-2-6-12/h3-4,7-10,12H,1-2,5-6,11H2,(H,20,22). The Morgan fingerprint density at radius 1 is 1.25 bits per heavy atom. The Morgan fingerprint density at radius 2 is 2.00 bits per heavy atom. The first-order valence-corrected chi connectivity index (χ1v) is 8.28. The van der Waals surface area contributed by atoms with Crippen molar-refractivity contribution in [1.82, 2.24) is 9.78 Å². The molecule has 2 aromatic rings. The molecule has 1 heterocycles. The molecule has 0 saturated heterocycles. The fraction of sp³-hybridized carbons (Fsp3) is 0.353. The number of carbonyl (C=O) groups excluding carboxylic acids is 2. The summed E-state index contributed by atoms with van der Waals surface area (Å²) in [6.45, 7) is -0.375. The number of ether oxygens (including phenoxy) is 1. The molecule has 0 spiro atoms. The largest absolute Gasteiger partial charge is 0.452 e. The monoisotopic (exact) mass is 347 g/mol. The highest BCUT2D eigenvalue weighted by molar-refractivity contribution is 6.33. The maximum Gasteiger partial charge on any atom is 0.340 e. The molecule has 1 saturated carbocycles. The number of nitrogens with zero attached hydrogens (tertiary/aromatic N) is 2. The van der Waals surface area contributed by atoms with Crippen molar-refractivity contribution in [1.29, 1.82) is 0 Å². The maximum atomic E-state index is 12.0. The van der Waals surface area contributed by atoms with Crippen LogP contribution in [0.5, 0.6) is 0 Å². The van der Waals surface area contributed by atoms with Crippen LogP contribution in [0.15, 0.2) is 36.5 Å². The van der Waals surface area contributed by atoms with E-state index in [1.807, 2.05) is 4.68 Å². The molecule has 1 aliphatic rings. The van der Waals surface area contributed by atoms with Gasteiger partial charge in [-0.1, -0.05) is 36.6 Å². The van der Waals surface area contributed by atoms with Crippen LogP contribution in [0.3, 0.4) is 0 Å². The normalized spacial score (nSPS) is 14.5. The van der Waals surface area contributed by atoms with Gasteiger partial charge in [0.1, 0.15) is 5.82 Å². The van der Waals surface area contributed by atoms with Crippen LogP contribution in [0.2, 0.25) is 5.02 Å². The van der Waals surface area contributed by atoms with Crippen molar-refractivity contribution in [3.8, 4) is 0 Å². The molecule has 1 aromatic carbocycles. The maximum absolute atomic E-state index is 12.0. The van der Waals surface area contributed by atoms with Gasteiger partial charge in [0.15, 0.2) is 6.61 Å². The molecule has 6 nitrogen and oxygen atoms in total. The molecular formula is C17H18ClN3O3. The van der Waals surface area contributed by atoms with Crippen LogP contribution < -0.4 is 5.32 Å². The fourth-order valence-corrected chi connectivity index (χ4v) is 3.08. The minimum Gasteiger partial charge on any atom is -0.452 e. The van der Waals surface area contributed by atoms with E-state index in [1.54, 1.807) is 36.5 Å². The summed E-state index contributed by atoms with van der Waals surface area (Å²) < 4.78 is 6.85. The molecule has 0 bridgehead atoms. The van der Waals surface area contributed by atoms with E-state index < -0.39 is 11.9 Å². The smallest absolute Gasteiger partial charge is 0.340 e. The molecule has 1 aliphatic carbocycles. The van der Waals surface area contributed by atoms with Gasteiger partial charge in [0.05, 0.1) is 22.8 Å². The lowest BCUT2D eigenvalue weighted by Gasteiger charge is -2.14. The number of rotatable bonds is 5. The second kappa shape index (κ2) is 7.49. The van der Waals surface area contributed by atoms with Crippen LogP contribution in [0, 0.1) is 0 Å². The van der Waals surface area contributed by atoms with Crippen LogP contribution >= 0.6 is 11.6 Å². The summed E-state index contributed by atoms with van der Waals surface area (Å²) in [6.07, 6.45) is 6.13. The lowest BCUT2D eigenvalue weighted by atomic mass is 10.2. The Hall–Kier alpha value is -2.34. The quantitative estimate of drug-likeness (QED) is 0.841. The zero-order valence-electron chi connectivity index (χ0n) is 13.1. The van der Waals surface area contributed by atoms with Crippen LogP contribution in [-0.2, 0) is 9.53 Å². The molecule has 7 heteroatoms. The number of hydrogen-bond acceptors (Lipinski definition) is 4. The first-order chi connectivity index (χ1) is 11.6. The minimum atomic E-state index is -0.625. The van der Waals surface area contributed by atoms with E-state index in [4.69, 9.17) is 16.3 Å². The molecule has 3 rings (SSSR count). The Morgan fingerprint density at radius 3 is 2.75 bits per heavy atom. The highest BCUT2D eigenvalue weighted by Gasteiger charge is 2.21. The third-order valence-electron chi connectivity index (χ3n) is 4.04. The van der Waals surface area contributed by atoms with E-state index in [-0.39, 0.29) is 12.2 Å². The van der Waals surface area contributed by atoms with Gasteiger partial charge in [-0.05, 0) is 25.0 Å². The molecular weight excluding hydrogens is 330 g/mol. The summed E-state index contributed by atoms with van der Waals surface area (Å²) in [6, 6.07) is 8.61. The first-order valence-electron chi connectivity index (χ1n) is 7.90. The van der Waals surface area contributed by atoms with Crippen molar-refractivity contribution in [2.75, 3.05) is 11.9 Å². The number of hydrogen-bond donors (Lipinski definition) is 1. The van der Waals surface area contributed by atoms with Crippen molar-refractivity contribution in [2.45, 2.75) is 31.7 Å². The molecule has 1 fully saturated rings. The van der Waals surface area contributed by atoms with Crippen molar-refractivity contribution >= 4 is 29.3 Å². The number of halogens is 1. The average molecular weight is 348 g/mol. The highest BCUT2D eigenvalue weighted by atomic mass is 35.5. The zero-order chi connectivity index (χ0) is 16.9. The van der Waals surface area contributed by atoms with Gasteiger partial charge < -0.3 is 10.1 Å². The lowest BCUT2D eigenvalue weighted by molar-refractivity contribution is -0.119. The van der Waals surface area contributed by atoms with Gasteiger partial charge in [-0.3, -0.25) is 4.79 Å². The number of benzene rings is 1. The number of carbonyl (C=O) groups is 2. The lowest BCUT2D eigenvalue weighted by Crippen LogP contribution is -2.23. The fourth-order valence-electron chi connectivity index (χ4n) is 2.87. The summed E-state index contributed by atoms with van der Waals surface area (Å²) in [5, 5.41) is 7.32. The predicted octanol–water partition coefficient (Wildman–Crippen LogP) is 3.45. The number of anilines is 1. The molecule has 126 valence electrons. The number of amides is 1. The van der Waals surface area contributed by atoms with Crippen molar-refractivity contribution in [3.63, 3.8) is 0 Å². The summed E-state index contributed by atoms with van der Waals surface area (Å²) >= 11 is 5.93. The Bertz CT molecular complexity index is 738. The van der Waals surface area contributed by atoms with Gasteiger partial charge in [-0.25, -0.2) is 9.48 Å². The number of esters is 1. The summed E-state index contributed by atoms with van der Waals surface area (Å²) in [5.74, 6) is -0.407. The molecule has 1 aromatic heterocycles. The number of nitrogens with one attached hydrogen (secondary N) is 1. The van der Waals surface area contributed by atoms with Crippen molar-refractivity contribution < 1.29 is 14.3 Å². The average Bonchev–Trinajstić information content (AvgIpc) is 3.24. The molecule has 24 heavy (non-hydrogen) atoms. The van der Waals surface area contributed by atoms with Gasteiger partial charge in [0, 0.05) is 6.07 Å². The highest BCUT2D eigenvalue weighted by Crippen LogP contribution is 2.31. The van der Waals surface area contributed by atoms with Crippen LogP contribution in [-0.4, -0.2) is 28.3 Å². The van der Waals surface area contributed by atoms with Crippen LogP contribution in [0.25, 0.3) is 0 Å². The van der Waals surface area contributed by atoms with Gasteiger partial charge >= 0.3 is 5.97 Å². The van der Waals surface area contributed by atoms with E-state index in [0.717, 1.165) is 12.8 Å². The summed E-state index contributed by atoms with van der Waals surface area (Å²) in [4.78, 5) is 24.0. The second-order valence-electron chi connectivity index (χ2n) is 5.70. The Labute approximate surface area is 144 Å². The summed E-state index contributed by atoms with van der Waals surface area (Å²) in [5.41, 5.74) is 0.239. The van der Waals surface area contributed by atoms with Gasteiger partial charge in [0.2, 0.25) is 0 Å². The Kier molecular flexibility index (Phi) is 5.15. The SMILES string of the molecule is O=C(COC(=O)c1ccccc1Cl)Nc1ccnn1C1CCCC1. The molecule has 1 N–H and O–H groups in total. The zero-order valence-corrected chi connectivity index (χ0v) is 13.8. The van der Waals surface area contributed by atoms with Gasteiger partial charge in [-0.15, -0.1) is 0 Å². The molecule has 1 amide bonds. The third kappa shape index (κ3) is 3.76.